The molecule has 1 amide bonds. The van der Waals surface area contributed by atoms with Gasteiger partial charge in [0.2, 0.25) is 0 Å². The lowest BCUT2D eigenvalue weighted by Gasteiger charge is -2.27. The molecule has 6 heteroatoms. The molecule has 1 aliphatic rings. The summed E-state index contributed by atoms with van der Waals surface area (Å²) in [7, 11) is 1.58. The predicted molar refractivity (Wildman–Crippen MR) is 80.5 cm³/mol. The van der Waals surface area contributed by atoms with Gasteiger partial charge >= 0.3 is 0 Å². The number of rotatable bonds is 6. The van der Waals surface area contributed by atoms with Crippen molar-refractivity contribution >= 4 is 17.5 Å². The second kappa shape index (κ2) is 8.10. The van der Waals surface area contributed by atoms with E-state index >= 15 is 0 Å². The van der Waals surface area contributed by atoms with Crippen molar-refractivity contribution in [1.29, 1.82) is 0 Å². The summed E-state index contributed by atoms with van der Waals surface area (Å²) in [5.74, 6) is 1.68. The third-order valence-corrected chi connectivity index (χ3v) is 3.52. The van der Waals surface area contributed by atoms with Crippen LogP contribution in [0.2, 0.25) is 0 Å². The molecule has 0 aliphatic carbocycles. The van der Waals surface area contributed by atoms with E-state index in [9.17, 15) is 4.79 Å². The average molecular weight is 314 g/mol. The van der Waals surface area contributed by atoms with Gasteiger partial charge in [-0.25, -0.2) is 0 Å². The van der Waals surface area contributed by atoms with Crippen molar-refractivity contribution in [3.05, 3.63) is 23.8 Å². The molecule has 1 aromatic rings. The quantitative estimate of drug-likeness (QED) is 0.596. The Morgan fingerprint density at radius 3 is 2.81 bits per heavy atom. The largest absolute Gasteiger partial charge is 0.497 e. The highest BCUT2D eigenvalue weighted by Crippen LogP contribution is 2.26. The standard InChI is InChI=1S/C15H20ClNO4/c1-19-12-3-4-13(14(11-12)21-8-2-5-16)15(18)17-6-9-20-10-7-17/h3-4,11H,2,5-10H2,1H3. The van der Waals surface area contributed by atoms with Crippen LogP contribution in [0.5, 0.6) is 11.5 Å². The van der Waals surface area contributed by atoms with E-state index in [2.05, 4.69) is 0 Å². The molecule has 1 heterocycles. The fourth-order valence-corrected chi connectivity index (χ4v) is 2.21. The van der Waals surface area contributed by atoms with Crippen molar-refractivity contribution in [2.75, 3.05) is 45.9 Å². The summed E-state index contributed by atoms with van der Waals surface area (Å²) >= 11 is 5.66. The average Bonchev–Trinajstić information content (AvgIpc) is 2.55. The first-order valence-corrected chi connectivity index (χ1v) is 7.53. The highest BCUT2D eigenvalue weighted by atomic mass is 35.5. The summed E-state index contributed by atoms with van der Waals surface area (Å²) < 4.78 is 16.2. The molecule has 0 aromatic heterocycles. The Morgan fingerprint density at radius 1 is 1.38 bits per heavy atom. The fourth-order valence-electron chi connectivity index (χ4n) is 2.10. The SMILES string of the molecule is COc1ccc(C(=O)N2CCOCC2)c(OCCCCl)c1. The number of ether oxygens (including phenoxy) is 3. The molecule has 0 N–H and O–H groups in total. The maximum absolute atomic E-state index is 12.6. The molecule has 0 bridgehead atoms. The van der Waals surface area contributed by atoms with Gasteiger partial charge < -0.3 is 19.1 Å². The zero-order valence-corrected chi connectivity index (χ0v) is 12.9. The van der Waals surface area contributed by atoms with E-state index in [4.69, 9.17) is 25.8 Å². The lowest BCUT2D eigenvalue weighted by atomic mass is 10.1. The number of morpholine rings is 1. The number of hydrogen-bond donors (Lipinski definition) is 0. The zero-order chi connectivity index (χ0) is 15.1. The normalized spacial score (nSPS) is 14.9. The molecule has 5 nitrogen and oxygen atoms in total. The first kappa shape index (κ1) is 15.9. The number of alkyl halides is 1. The number of carbonyl (C=O) groups is 1. The van der Waals surface area contributed by atoms with Crippen LogP contribution in [-0.2, 0) is 4.74 Å². The summed E-state index contributed by atoms with van der Waals surface area (Å²) in [5.41, 5.74) is 0.548. The van der Waals surface area contributed by atoms with Crippen molar-refractivity contribution < 1.29 is 19.0 Å². The smallest absolute Gasteiger partial charge is 0.257 e. The van der Waals surface area contributed by atoms with Crippen molar-refractivity contribution in [3.63, 3.8) is 0 Å². The molecule has 0 unspecified atom stereocenters. The Bertz CT molecular complexity index is 475. The van der Waals surface area contributed by atoms with Crippen LogP contribution in [0.25, 0.3) is 0 Å². The number of amides is 1. The summed E-state index contributed by atoms with van der Waals surface area (Å²) in [4.78, 5) is 14.4. The first-order valence-electron chi connectivity index (χ1n) is 7.00. The van der Waals surface area contributed by atoms with Gasteiger partial charge in [-0.1, -0.05) is 0 Å². The van der Waals surface area contributed by atoms with Crippen LogP contribution in [0, 0.1) is 0 Å². The molecule has 0 saturated carbocycles. The number of halogens is 1. The summed E-state index contributed by atoms with van der Waals surface area (Å²) in [5, 5.41) is 0. The summed E-state index contributed by atoms with van der Waals surface area (Å²) in [6.07, 6.45) is 0.726. The molecule has 116 valence electrons. The van der Waals surface area contributed by atoms with Gasteiger partial charge in [-0.05, 0) is 18.6 Å². The minimum absolute atomic E-state index is 0.0400. The number of hydrogen-bond acceptors (Lipinski definition) is 4. The first-order chi connectivity index (χ1) is 10.3. The molecule has 1 saturated heterocycles. The van der Waals surface area contributed by atoms with Gasteiger partial charge in [0.25, 0.3) is 5.91 Å². The third-order valence-electron chi connectivity index (χ3n) is 3.25. The third kappa shape index (κ3) is 4.25. The molecule has 1 aliphatic heterocycles. The van der Waals surface area contributed by atoms with Gasteiger partial charge in [0.15, 0.2) is 0 Å². The number of carbonyl (C=O) groups excluding carboxylic acids is 1. The molecule has 0 atom stereocenters. The van der Waals surface area contributed by atoms with Gasteiger partial charge in [-0.3, -0.25) is 4.79 Å². The van der Waals surface area contributed by atoms with Gasteiger partial charge in [-0.15, -0.1) is 11.6 Å². The highest BCUT2D eigenvalue weighted by Gasteiger charge is 2.22. The van der Waals surface area contributed by atoms with Crippen molar-refractivity contribution in [2.24, 2.45) is 0 Å². The Kier molecular flexibility index (Phi) is 6.14. The zero-order valence-electron chi connectivity index (χ0n) is 12.1. The second-order valence-corrected chi connectivity index (χ2v) is 5.04. The molecule has 21 heavy (non-hydrogen) atoms. The molecular formula is C15H20ClNO4. The monoisotopic (exact) mass is 313 g/mol. The Hall–Kier alpha value is -1.46. The molecule has 0 radical (unpaired) electrons. The predicted octanol–water partition coefficient (Wildman–Crippen LogP) is 2.18. The molecule has 2 rings (SSSR count). The summed E-state index contributed by atoms with van der Waals surface area (Å²) in [6, 6.07) is 5.25. The molecule has 1 aromatic carbocycles. The van der Waals surface area contributed by atoms with Crippen molar-refractivity contribution in [2.45, 2.75) is 6.42 Å². The van der Waals surface area contributed by atoms with E-state index in [0.717, 1.165) is 6.42 Å². The Labute approximate surface area is 129 Å². The van der Waals surface area contributed by atoms with Crippen LogP contribution >= 0.6 is 11.6 Å². The van der Waals surface area contributed by atoms with E-state index in [1.165, 1.54) is 0 Å². The Morgan fingerprint density at radius 2 is 2.14 bits per heavy atom. The minimum atomic E-state index is -0.0400. The lowest BCUT2D eigenvalue weighted by Crippen LogP contribution is -2.40. The maximum Gasteiger partial charge on any atom is 0.257 e. The maximum atomic E-state index is 12.6. The lowest BCUT2D eigenvalue weighted by molar-refractivity contribution is 0.0300. The fraction of sp³-hybridized carbons (Fsp3) is 0.533. The highest BCUT2D eigenvalue weighted by molar-refractivity contribution is 6.17. The molecule has 1 fully saturated rings. The number of nitrogens with zero attached hydrogens (tertiary/aromatic N) is 1. The van der Waals surface area contributed by atoms with Gasteiger partial charge in [0.05, 0.1) is 32.5 Å². The van der Waals surface area contributed by atoms with Gasteiger partial charge in [-0.2, -0.15) is 0 Å². The molecule has 0 spiro atoms. The number of benzene rings is 1. The van der Waals surface area contributed by atoms with E-state index in [-0.39, 0.29) is 5.91 Å². The Balaban J connectivity index is 2.17. The topological polar surface area (TPSA) is 48.0 Å². The molecular weight excluding hydrogens is 294 g/mol. The van der Waals surface area contributed by atoms with Crippen LogP contribution in [0.4, 0.5) is 0 Å². The van der Waals surface area contributed by atoms with Crippen LogP contribution in [0.3, 0.4) is 0 Å². The van der Waals surface area contributed by atoms with Crippen LogP contribution in [-0.4, -0.2) is 56.7 Å². The van der Waals surface area contributed by atoms with E-state index < -0.39 is 0 Å². The van der Waals surface area contributed by atoms with Crippen LogP contribution in [0.1, 0.15) is 16.8 Å². The van der Waals surface area contributed by atoms with Crippen molar-refractivity contribution in [3.8, 4) is 11.5 Å². The van der Waals surface area contributed by atoms with E-state index in [1.54, 1.807) is 30.2 Å². The van der Waals surface area contributed by atoms with Gasteiger partial charge in [0, 0.05) is 25.0 Å². The van der Waals surface area contributed by atoms with Crippen LogP contribution in [0.15, 0.2) is 18.2 Å². The van der Waals surface area contributed by atoms with E-state index in [1.807, 2.05) is 0 Å². The number of methoxy groups -OCH3 is 1. The van der Waals surface area contributed by atoms with E-state index in [0.29, 0.717) is 55.9 Å². The van der Waals surface area contributed by atoms with Crippen molar-refractivity contribution in [1.82, 2.24) is 4.90 Å². The summed E-state index contributed by atoms with van der Waals surface area (Å²) in [6.45, 7) is 2.83. The minimum Gasteiger partial charge on any atom is -0.497 e. The van der Waals surface area contributed by atoms with Gasteiger partial charge in [0.1, 0.15) is 11.5 Å². The second-order valence-electron chi connectivity index (χ2n) is 4.66. The van der Waals surface area contributed by atoms with Crippen LogP contribution < -0.4 is 9.47 Å².